The minimum Gasteiger partial charge on any atom is -0.378 e. The van der Waals surface area contributed by atoms with Gasteiger partial charge in [-0.25, -0.2) is 4.99 Å². The normalized spacial score (nSPS) is 19.0. The van der Waals surface area contributed by atoms with Crippen LogP contribution in [-0.4, -0.2) is 68.2 Å². The molecule has 0 aliphatic carbocycles. The summed E-state index contributed by atoms with van der Waals surface area (Å²) in [6, 6.07) is 8.47. The molecule has 0 atom stereocenters. The van der Waals surface area contributed by atoms with Crippen molar-refractivity contribution in [3.63, 3.8) is 0 Å². The fraction of sp³-hybridized carbons (Fsp3) is 0.588. The molecule has 0 spiro atoms. The summed E-state index contributed by atoms with van der Waals surface area (Å²) in [4.78, 5) is 12.1. The van der Waals surface area contributed by atoms with Crippen LogP contribution in [0.2, 0.25) is 0 Å². The molecule has 1 aromatic rings. The summed E-state index contributed by atoms with van der Waals surface area (Å²) in [7, 11) is 0. The lowest BCUT2D eigenvalue weighted by Gasteiger charge is -2.30. The molecule has 120 valence electrons. The van der Waals surface area contributed by atoms with Crippen molar-refractivity contribution in [2.75, 3.05) is 57.4 Å². The van der Waals surface area contributed by atoms with Crippen molar-refractivity contribution in [3.8, 4) is 0 Å². The van der Waals surface area contributed by atoms with Crippen LogP contribution in [0.5, 0.6) is 0 Å². The third-order valence-electron chi connectivity index (χ3n) is 4.42. The van der Waals surface area contributed by atoms with Crippen LogP contribution < -0.4 is 4.90 Å². The molecule has 0 unspecified atom stereocenters. The molecule has 2 aliphatic heterocycles. The highest BCUT2D eigenvalue weighted by molar-refractivity contribution is 5.86. The summed E-state index contributed by atoms with van der Waals surface area (Å²) in [5.41, 5.74) is 2.29. The molecule has 2 saturated heterocycles. The third kappa shape index (κ3) is 3.04. The van der Waals surface area contributed by atoms with Crippen LogP contribution in [0.25, 0.3) is 0 Å². The van der Waals surface area contributed by atoms with Gasteiger partial charge in [-0.1, -0.05) is 12.1 Å². The van der Waals surface area contributed by atoms with Crippen molar-refractivity contribution < 1.29 is 4.74 Å². The van der Waals surface area contributed by atoms with Crippen molar-refractivity contribution in [1.82, 2.24) is 9.80 Å². The molecule has 0 radical (unpaired) electrons. The second kappa shape index (κ2) is 7.01. The van der Waals surface area contributed by atoms with Crippen molar-refractivity contribution in [1.29, 1.82) is 0 Å². The Hall–Kier alpha value is -1.75. The monoisotopic (exact) mass is 302 g/mol. The average molecular weight is 302 g/mol. The largest absolute Gasteiger partial charge is 0.378 e. The van der Waals surface area contributed by atoms with Gasteiger partial charge in [-0.2, -0.15) is 0 Å². The fourth-order valence-electron chi connectivity index (χ4n) is 3.12. The van der Waals surface area contributed by atoms with Gasteiger partial charge in [0.25, 0.3) is 0 Å². The van der Waals surface area contributed by atoms with Gasteiger partial charge in [0, 0.05) is 39.3 Å². The van der Waals surface area contributed by atoms with Crippen LogP contribution in [0.4, 0.5) is 11.4 Å². The molecule has 0 saturated carbocycles. The minimum atomic E-state index is 0.799. The van der Waals surface area contributed by atoms with Gasteiger partial charge in [-0.3, -0.25) is 0 Å². The lowest BCUT2D eigenvalue weighted by Crippen LogP contribution is -2.36. The molecule has 0 bridgehead atoms. The quantitative estimate of drug-likeness (QED) is 0.853. The number of ether oxygens (including phenoxy) is 1. The number of para-hydroxylation sites is 2. The topological polar surface area (TPSA) is 31.3 Å². The molecule has 0 amide bonds. The third-order valence-corrected chi connectivity index (χ3v) is 4.42. The summed E-state index contributed by atoms with van der Waals surface area (Å²) in [6.45, 7) is 12.0. The number of benzene rings is 1. The lowest BCUT2D eigenvalue weighted by atomic mass is 10.2. The summed E-state index contributed by atoms with van der Waals surface area (Å²) in [5, 5.41) is 0. The Kier molecular flexibility index (Phi) is 4.83. The van der Waals surface area contributed by atoms with Crippen molar-refractivity contribution in [3.05, 3.63) is 24.3 Å². The minimum absolute atomic E-state index is 0.799. The maximum Gasteiger partial charge on any atom is 0.202 e. The zero-order valence-electron chi connectivity index (χ0n) is 13.7. The number of hydrogen-bond acceptors (Lipinski definition) is 3. The highest BCUT2D eigenvalue weighted by Gasteiger charge is 2.24. The van der Waals surface area contributed by atoms with Gasteiger partial charge in [0.2, 0.25) is 5.96 Å². The molecule has 0 N–H and O–H groups in total. The molecule has 1 aromatic carbocycles. The molecule has 5 nitrogen and oxygen atoms in total. The van der Waals surface area contributed by atoms with Crippen molar-refractivity contribution in [2.24, 2.45) is 4.99 Å². The van der Waals surface area contributed by atoms with E-state index >= 15 is 0 Å². The number of guanidine groups is 1. The van der Waals surface area contributed by atoms with Gasteiger partial charge < -0.3 is 19.4 Å². The van der Waals surface area contributed by atoms with Crippen LogP contribution in [0.15, 0.2) is 29.3 Å². The predicted molar refractivity (Wildman–Crippen MR) is 91.1 cm³/mol. The van der Waals surface area contributed by atoms with Gasteiger partial charge in [0.05, 0.1) is 24.6 Å². The SMILES string of the molecule is CCN1CCN(CC)C1=Nc1ccccc1N1CCOCC1. The van der Waals surface area contributed by atoms with Crippen molar-refractivity contribution in [2.45, 2.75) is 13.8 Å². The first-order valence-electron chi connectivity index (χ1n) is 8.33. The van der Waals surface area contributed by atoms with Gasteiger partial charge in [0.15, 0.2) is 0 Å². The molecular weight excluding hydrogens is 276 g/mol. The second-order valence-electron chi connectivity index (χ2n) is 5.66. The number of nitrogens with zero attached hydrogens (tertiary/aromatic N) is 4. The first-order chi connectivity index (χ1) is 10.8. The van der Waals surface area contributed by atoms with Crippen LogP contribution in [0.3, 0.4) is 0 Å². The summed E-state index contributed by atoms with van der Waals surface area (Å²) < 4.78 is 5.47. The molecular formula is C17H26N4O. The van der Waals surface area contributed by atoms with E-state index in [9.17, 15) is 0 Å². The molecule has 5 heteroatoms. The van der Waals surface area contributed by atoms with E-state index in [1.165, 1.54) is 5.69 Å². The number of aliphatic imine (C=N–C) groups is 1. The first-order valence-corrected chi connectivity index (χ1v) is 8.33. The Labute approximate surface area is 133 Å². The first kappa shape index (κ1) is 15.2. The zero-order valence-corrected chi connectivity index (χ0v) is 13.7. The predicted octanol–water partition coefficient (Wildman–Crippen LogP) is 2.17. The van der Waals surface area contributed by atoms with E-state index in [0.29, 0.717) is 0 Å². The van der Waals surface area contributed by atoms with Crippen LogP contribution in [-0.2, 0) is 4.74 Å². The summed E-state index contributed by atoms with van der Waals surface area (Å²) in [5.74, 6) is 1.12. The standard InChI is InChI=1S/C17H26N4O/c1-3-19-9-10-20(4-2)17(19)18-15-7-5-6-8-16(15)21-11-13-22-14-12-21/h5-8H,3-4,9-14H2,1-2H3. The summed E-state index contributed by atoms with van der Waals surface area (Å²) in [6.07, 6.45) is 0. The maximum absolute atomic E-state index is 5.47. The van der Waals surface area contributed by atoms with E-state index < -0.39 is 0 Å². The smallest absolute Gasteiger partial charge is 0.202 e. The van der Waals surface area contributed by atoms with Crippen molar-refractivity contribution >= 4 is 17.3 Å². The number of morpholine rings is 1. The van der Waals surface area contributed by atoms with Gasteiger partial charge >= 0.3 is 0 Å². The Morgan fingerprint density at radius 1 is 0.955 bits per heavy atom. The Morgan fingerprint density at radius 2 is 1.59 bits per heavy atom. The number of anilines is 1. The Balaban J connectivity index is 1.92. The maximum atomic E-state index is 5.47. The van der Waals surface area contributed by atoms with Crippen LogP contribution in [0, 0.1) is 0 Å². The van der Waals surface area contributed by atoms with Crippen LogP contribution >= 0.6 is 0 Å². The van der Waals surface area contributed by atoms with E-state index in [4.69, 9.17) is 9.73 Å². The van der Waals surface area contributed by atoms with E-state index in [1.807, 2.05) is 0 Å². The number of likely N-dealkylation sites (N-methyl/N-ethyl adjacent to an activating group) is 2. The zero-order chi connectivity index (χ0) is 15.4. The van der Waals surface area contributed by atoms with Gasteiger partial charge in [-0.05, 0) is 26.0 Å². The van der Waals surface area contributed by atoms with Gasteiger partial charge in [-0.15, -0.1) is 0 Å². The highest BCUT2D eigenvalue weighted by Crippen LogP contribution is 2.30. The summed E-state index contributed by atoms with van der Waals surface area (Å²) >= 11 is 0. The van der Waals surface area contributed by atoms with E-state index in [0.717, 1.165) is 64.1 Å². The van der Waals surface area contributed by atoms with E-state index in [1.54, 1.807) is 0 Å². The number of rotatable bonds is 4. The average Bonchev–Trinajstić information content (AvgIpc) is 2.98. The molecule has 0 aromatic heterocycles. The molecule has 2 aliphatic rings. The fourth-order valence-corrected chi connectivity index (χ4v) is 3.12. The molecule has 3 rings (SSSR count). The van der Waals surface area contributed by atoms with E-state index in [-0.39, 0.29) is 0 Å². The van der Waals surface area contributed by atoms with Gasteiger partial charge in [0.1, 0.15) is 0 Å². The lowest BCUT2D eigenvalue weighted by molar-refractivity contribution is 0.123. The Bertz CT molecular complexity index is 511. The highest BCUT2D eigenvalue weighted by atomic mass is 16.5. The van der Waals surface area contributed by atoms with Crippen LogP contribution in [0.1, 0.15) is 13.8 Å². The van der Waals surface area contributed by atoms with E-state index in [2.05, 4.69) is 52.8 Å². The molecule has 2 fully saturated rings. The second-order valence-corrected chi connectivity index (χ2v) is 5.66. The Morgan fingerprint density at radius 3 is 2.23 bits per heavy atom. The number of hydrogen-bond donors (Lipinski definition) is 0. The molecule has 22 heavy (non-hydrogen) atoms. The molecule has 2 heterocycles.